The number of hydroxylamine groups is 2. The number of hydrogen-bond donors (Lipinski definition) is 1. The number of rotatable bonds is 15. The molecule has 2 atom stereocenters. The molecule has 0 heterocycles. The summed E-state index contributed by atoms with van der Waals surface area (Å²) in [5.41, 5.74) is -0.0101. The zero-order valence-corrected chi connectivity index (χ0v) is 23.6. The quantitative estimate of drug-likeness (QED) is 0.285. The number of amides is 1. The van der Waals surface area contributed by atoms with E-state index in [0.717, 1.165) is 31.6 Å². The van der Waals surface area contributed by atoms with Crippen molar-refractivity contribution in [1.82, 2.24) is 10.4 Å². The summed E-state index contributed by atoms with van der Waals surface area (Å²) < 4.78 is 0. The van der Waals surface area contributed by atoms with Crippen LogP contribution in [0.25, 0.3) is 0 Å². The zero-order chi connectivity index (χ0) is 25.5. The molecule has 0 rings (SSSR count). The van der Waals surface area contributed by atoms with Crippen LogP contribution in [0.15, 0.2) is 0 Å². The second-order valence-corrected chi connectivity index (χ2v) is 11.8. The van der Waals surface area contributed by atoms with E-state index in [4.69, 9.17) is 4.84 Å². The summed E-state index contributed by atoms with van der Waals surface area (Å²) in [5, 5.41) is 4.71. The van der Waals surface area contributed by atoms with E-state index >= 15 is 0 Å². The number of carbonyl (C=O) groups is 2. The molecule has 0 fully saturated rings. The molecule has 5 heteroatoms. The van der Waals surface area contributed by atoms with Crippen molar-refractivity contribution in [2.24, 2.45) is 28.6 Å². The van der Waals surface area contributed by atoms with Crippen LogP contribution in [0.2, 0.25) is 0 Å². The van der Waals surface area contributed by atoms with Crippen molar-refractivity contribution in [1.29, 1.82) is 0 Å². The summed E-state index contributed by atoms with van der Waals surface area (Å²) in [6.07, 6.45) is 4.45. The van der Waals surface area contributed by atoms with Gasteiger partial charge in [-0.1, -0.05) is 89.0 Å². The molecule has 1 N–H and O–H groups in total. The molecule has 0 aromatic heterocycles. The maximum Gasteiger partial charge on any atom is 0.222 e. The molecule has 2 unspecified atom stereocenters. The topological polar surface area (TPSA) is 58.6 Å². The minimum Gasteiger partial charge on any atom is -0.354 e. The van der Waals surface area contributed by atoms with E-state index < -0.39 is 0 Å². The van der Waals surface area contributed by atoms with Gasteiger partial charge in [0.15, 0.2) is 0 Å². The summed E-state index contributed by atoms with van der Waals surface area (Å²) in [7, 11) is 1.87. The molecule has 32 heavy (non-hydrogen) atoms. The third kappa shape index (κ3) is 18.6. The lowest BCUT2D eigenvalue weighted by Gasteiger charge is -2.30. The Hall–Kier alpha value is -0.940. The first-order chi connectivity index (χ1) is 14.6. The summed E-state index contributed by atoms with van der Waals surface area (Å²) in [5.74, 6) is 1.38. The SMILES string of the molecule is CC(C)C.CCCC(C)C(=O)NCCN(C)OCC(C)(C)CC(=O)C(C)CC(C)(C)CC. The molecule has 5 nitrogen and oxygen atoms in total. The second-order valence-electron chi connectivity index (χ2n) is 11.8. The number of Topliss-reactive ketones (excluding diaryl/α,β-unsaturated/α-hetero) is 1. The number of likely N-dealkylation sites (N-methyl/N-ethyl adjacent to an activating group) is 1. The molecule has 0 aromatic carbocycles. The Labute approximate surface area is 200 Å². The van der Waals surface area contributed by atoms with E-state index in [1.165, 1.54) is 0 Å². The molecule has 0 spiro atoms. The smallest absolute Gasteiger partial charge is 0.222 e. The number of nitrogens with zero attached hydrogens (tertiary/aromatic N) is 1. The molecule has 0 aliphatic carbocycles. The average molecular weight is 457 g/mol. The van der Waals surface area contributed by atoms with E-state index in [1.807, 2.05) is 20.9 Å². The van der Waals surface area contributed by atoms with Gasteiger partial charge in [-0.2, -0.15) is 5.06 Å². The second kappa shape index (κ2) is 16.6. The van der Waals surface area contributed by atoms with Crippen LogP contribution in [0.4, 0.5) is 0 Å². The van der Waals surface area contributed by atoms with Gasteiger partial charge in [-0.25, -0.2) is 0 Å². The largest absolute Gasteiger partial charge is 0.354 e. The Morgan fingerprint density at radius 1 is 0.938 bits per heavy atom. The van der Waals surface area contributed by atoms with Crippen molar-refractivity contribution in [2.45, 2.75) is 108 Å². The number of carbonyl (C=O) groups excluding carboxylic acids is 2. The van der Waals surface area contributed by atoms with E-state index in [2.05, 4.69) is 67.6 Å². The van der Waals surface area contributed by atoms with E-state index in [0.29, 0.717) is 31.9 Å². The Morgan fingerprint density at radius 3 is 1.94 bits per heavy atom. The van der Waals surface area contributed by atoms with Gasteiger partial charge in [0.25, 0.3) is 0 Å². The summed E-state index contributed by atoms with van der Waals surface area (Å²) in [6, 6.07) is 0. The first-order valence-corrected chi connectivity index (χ1v) is 12.7. The fraction of sp³-hybridized carbons (Fsp3) is 0.926. The molecule has 0 aromatic rings. The van der Waals surface area contributed by atoms with Crippen molar-refractivity contribution in [3.63, 3.8) is 0 Å². The van der Waals surface area contributed by atoms with Gasteiger partial charge in [0.05, 0.1) is 6.61 Å². The number of hydrogen-bond acceptors (Lipinski definition) is 4. The van der Waals surface area contributed by atoms with Gasteiger partial charge in [0.2, 0.25) is 5.91 Å². The van der Waals surface area contributed by atoms with Crippen molar-refractivity contribution in [3.05, 3.63) is 0 Å². The lowest BCUT2D eigenvalue weighted by atomic mass is 9.77. The fourth-order valence-corrected chi connectivity index (χ4v) is 3.21. The van der Waals surface area contributed by atoms with E-state index in [1.54, 1.807) is 5.06 Å². The minimum absolute atomic E-state index is 0.0563. The molecule has 0 aliphatic rings. The molecule has 1 amide bonds. The average Bonchev–Trinajstić information content (AvgIpc) is 2.65. The first kappa shape index (κ1) is 33.2. The van der Waals surface area contributed by atoms with Crippen molar-refractivity contribution in [2.75, 3.05) is 26.7 Å². The van der Waals surface area contributed by atoms with Gasteiger partial charge in [-0.05, 0) is 29.6 Å². The molecule has 0 saturated carbocycles. The van der Waals surface area contributed by atoms with Crippen LogP contribution < -0.4 is 5.32 Å². The maximum absolute atomic E-state index is 12.6. The molecule has 0 bridgehead atoms. The van der Waals surface area contributed by atoms with Crippen molar-refractivity contribution >= 4 is 11.7 Å². The third-order valence-corrected chi connectivity index (χ3v) is 5.59. The van der Waals surface area contributed by atoms with Crippen LogP contribution in [-0.4, -0.2) is 43.5 Å². The highest BCUT2D eigenvalue weighted by Gasteiger charge is 2.29. The third-order valence-electron chi connectivity index (χ3n) is 5.59. The van der Waals surface area contributed by atoms with Crippen LogP contribution in [0.3, 0.4) is 0 Å². The molecule has 0 aliphatic heterocycles. The first-order valence-electron chi connectivity index (χ1n) is 12.7. The van der Waals surface area contributed by atoms with Crippen molar-refractivity contribution < 1.29 is 14.4 Å². The van der Waals surface area contributed by atoms with Crippen LogP contribution in [0, 0.1) is 28.6 Å². The highest BCUT2D eigenvalue weighted by molar-refractivity contribution is 5.81. The Morgan fingerprint density at radius 2 is 1.47 bits per heavy atom. The van der Waals surface area contributed by atoms with Gasteiger partial charge in [0.1, 0.15) is 5.78 Å². The van der Waals surface area contributed by atoms with Crippen molar-refractivity contribution in [3.8, 4) is 0 Å². The van der Waals surface area contributed by atoms with Crippen LogP contribution in [0.5, 0.6) is 0 Å². The van der Waals surface area contributed by atoms with Gasteiger partial charge in [0, 0.05) is 38.4 Å². The van der Waals surface area contributed by atoms with Crippen LogP contribution in [0.1, 0.15) is 108 Å². The summed E-state index contributed by atoms with van der Waals surface area (Å²) >= 11 is 0. The predicted octanol–water partition coefficient (Wildman–Crippen LogP) is 6.51. The summed E-state index contributed by atoms with van der Waals surface area (Å²) in [6.45, 7) is 25.0. The van der Waals surface area contributed by atoms with Gasteiger partial charge in [-0.3, -0.25) is 14.4 Å². The molecular weight excluding hydrogens is 400 g/mol. The zero-order valence-electron chi connectivity index (χ0n) is 23.6. The number of ketones is 1. The summed E-state index contributed by atoms with van der Waals surface area (Å²) in [4.78, 5) is 30.4. The number of nitrogens with one attached hydrogen (secondary N) is 1. The van der Waals surface area contributed by atoms with Gasteiger partial charge in [-0.15, -0.1) is 0 Å². The Balaban J connectivity index is 0. The van der Waals surface area contributed by atoms with E-state index in [-0.39, 0.29) is 28.6 Å². The molecule has 0 saturated heterocycles. The highest BCUT2D eigenvalue weighted by atomic mass is 16.7. The van der Waals surface area contributed by atoms with Gasteiger partial charge >= 0.3 is 0 Å². The molecule has 192 valence electrons. The molecule has 0 radical (unpaired) electrons. The lowest BCUT2D eigenvalue weighted by molar-refractivity contribution is -0.165. The van der Waals surface area contributed by atoms with Gasteiger partial charge < -0.3 is 5.32 Å². The Kier molecular flexibility index (Phi) is 17.3. The lowest BCUT2D eigenvalue weighted by Crippen LogP contribution is -2.37. The standard InChI is InChI=1S/C23H46N2O3.C4H10/c1-10-12-18(3)21(27)24-13-14-25(9)28-17-23(7,8)16-20(26)19(4)15-22(5,6)11-2;1-4(2)3/h18-19H,10-17H2,1-9H3,(H,24,27);4H,1-3H3. The normalized spacial score (nSPS) is 14.1. The fourth-order valence-electron chi connectivity index (χ4n) is 3.21. The minimum atomic E-state index is -0.213. The predicted molar refractivity (Wildman–Crippen MR) is 137 cm³/mol. The highest BCUT2D eigenvalue weighted by Crippen LogP contribution is 2.32. The maximum atomic E-state index is 12.6. The van der Waals surface area contributed by atoms with Crippen LogP contribution >= 0.6 is 0 Å². The monoisotopic (exact) mass is 456 g/mol. The van der Waals surface area contributed by atoms with E-state index in [9.17, 15) is 9.59 Å². The molecular formula is C27H56N2O3. The van der Waals surface area contributed by atoms with Crippen LogP contribution in [-0.2, 0) is 14.4 Å². The Bertz CT molecular complexity index is 512.